The van der Waals surface area contributed by atoms with Crippen LogP contribution in [0.25, 0.3) is 0 Å². The monoisotopic (exact) mass is 305 g/mol. The molecule has 1 N–H and O–H groups in total. The number of rotatable bonds is 6. The van der Waals surface area contributed by atoms with E-state index in [1.165, 1.54) is 0 Å². The molecule has 0 radical (unpaired) electrons. The Kier molecular flexibility index (Phi) is 6.17. The normalized spacial score (nSPS) is 10.8. The molecule has 0 aromatic heterocycles. The molecule has 90 valence electrons. The summed E-state index contributed by atoms with van der Waals surface area (Å²) < 4.78 is 6.49. The molecule has 0 saturated heterocycles. The second kappa shape index (κ2) is 7.15. The molecule has 0 unspecified atom stereocenters. The van der Waals surface area contributed by atoms with Gasteiger partial charge in [0.15, 0.2) is 0 Å². The van der Waals surface area contributed by atoms with Crippen LogP contribution in [0.1, 0.15) is 13.8 Å². The summed E-state index contributed by atoms with van der Waals surface area (Å²) in [5.41, 5.74) is 1.00. The highest BCUT2D eigenvalue weighted by Crippen LogP contribution is 2.25. The van der Waals surface area contributed by atoms with E-state index in [2.05, 4.69) is 35.1 Å². The van der Waals surface area contributed by atoms with Crippen molar-refractivity contribution in [2.45, 2.75) is 13.8 Å². The number of nitrogens with one attached hydrogen (secondary N) is 1. The summed E-state index contributed by atoms with van der Waals surface area (Å²) in [6.07, 6.45) is 0. The maximum absolute atomic E-state index is 5.91. The van der Waals surface area contributed by atoms with E-state index in [0.29, 0.717) is 12.5 Å². The molecule has 16 heavy (non-hydrogen) atoms. The van der Waals surface area contributed by atoms with Gasteiger partial charge in [0.25, 0.3) is 0 Å². The molecule has 1 rings (SSSR count). The Morgan fingerprint density at radius 1 is 1.44 bits per heavy atom. The minimum absolute atomic E-state index is 0.581. The molecule has 0 aliphatic carbocycles. The van der Waals surface area contributed by atoms with Gasteiger partial charge in [-0.2, -0.15) is 0 Å². The maximum atomic E-state index is 5.91. The molecule has 0 saturated carbocycles. The van der Waals surface area contributed by atoms with E-state index < -0.39 is 0 Å². The Morgan fingerprint density at radius 2 is 2.19 bits per heavy atom. The van der Waals surface area contributed by atoms with Crippen LogP contribution in [0.4, 0.5) is 5.69 Å². The number of hydrogen-bond acceptors (Lipinski definition) is 2. The van der Waals surface area contributed by atoms with Crippen molar-refractivity contribution >= 4 is 33.2 Å². The Balaban J connectivity index is 2.29. The van der Waals surface area contributed by atoms with Gasteiger partial charge in [-0.15, -0.1) is 0 Å². The first-order valence-electron chi connectivity index (χ1n) is 5.36. The van der Waals surface area contributed by atoms with E-state index in [1.807, 2.05) is 18.2 Å². The number of benzene rings is 1. The van der Waals surface area contributed by atoms with Gasteiger partial charge in [-0.3, -0.25) is 0 Å². The zero-order chi connectivity index (χ0) is 12.0. The van der Waals surface area contributed by atoms with Crippen molar-refractivity contribution in [3.63, 3.8) is 0 Å². The van der Waals surface area contributed by atoms with Crippen LogP contribution < -0.4 is 5.32 Å². The number of hydrogen-bond donors (Lipinski definition) is 1. The van der Waals surface area contributed by atoms with Crippen LogP contribution in [-0.4, -0.2) is 19.8 Å². The summed E-state index contributed by atoms with van der Waals surface area (Å²) >= 11 is 9.37. The van der Waals surface area contributed by atoms with Gasteiger partial charge in [-0.05, 0) is 40.0 Å². The van der Waals surface area contributed by atoms with Gasteiger partial charge in [0.2, 0.25) is 0 Å². The molecule has 0 aliphatic rings. The molecule has 0 heterocycles. The topological polar surface area (TPSA) is 21.3 Å². The molecular formula is C12H17BrClNO. The van der Waals surface area contributed by atoms with Crippen molar-refractivity contribution < 1.29 is 4.74 Å². The molecule has 0 atom stereocenters. The molecule has 0 aliphatic heterocycles. The third-order valence-corrected chi connectivity index (χ3v) is 2.87. The summed E-state index contributed by atoms with van der Waals surface area (Å²) in [4.78, 5) is 0. The maximum Gasteiger partial charge on any atom is 0.0639 e. The molecule has 0 amide bonds. The predicted octanol–water partition coefficient (Wildman–Crippen LogP) is 4.19. The first-order chi connectivity index (χ1) is 7.59. The molecule has 0 fully saturated rings. The third kappa shape index (κ3) is 5.19. The van der Waals surface area contributed by atoms with Crippen molar-refractivity contribution in [3.05, 3.63) is 27.7 Å². The van der Waals surface area contributed by atoms with Gasteiger partial charge in [0, 0.05) is 28.3 Å². The van der Waals surface area contributed by atoms with Crippen LogP contribution in [0.3, 0.4) is 0 Å². The summed E-state index contributed by atoms with van der Waals surface area (Å²) in [5, 5.41) is 4.00. The van der Waals surface area contributed by atoms with Gasteiger partial charge >= 0.3 is 0 Å². The zero-order valence-corrected chi connectivity index (χ0v) is 11.9. The molecule has 2 nitrogen and oxygen atoms in total. The quantitative estimate of drug-likeness (QED) is 0.796. The lowest BCUT2D eigenvalue weighted by molar-refractivity contribution is 0.118. The fourth-order valence-corrected chi connectivity index (χ4v) is 1.77. The van der Waals surface area contributed by atoms with E-state index in [4.69, 9.17) is 16.3 Å². The lowest BCUT2D eigenvalue weighted by atomic mass is 10.2. The molecule has 1 aromatic rings. The average Bonchev–Trinajstić information content (AvgIpc) is 2.22. The predicted molar refractivity (Wildman–Crippen MR) is 73.3 cm³/mol. The SMILES string of the molecule is CC(C)COCCNc1cc(Cl)ccc1Br. The first kappa shape index (κ1) is 13.8. The Hall–Kier alpha value is -0.250. The summed E-state index contributed by atoms with van der Waals surface area (Å²) in [6.45, 7) is 6.57. The lowest BCUT2D eigenvalue weighted by Gasteiger charge is -2.10. The van der Waals surface area contributed by atoms with Crippen LogP contribution >= 0.6 is 27.5 Å². The molecular weight excluding hydrogens is 289 g/mol. The number of halogens is 2. The summed E-state index contributed by atoms with van der Waals surface area (Å²) in [6, 6.07) is 5.68. The van der Waals surface area contributed by atoms with Crippen LogP contribution in [0.2, 0.25) is 5.02 Å². The van der Waals surface area contributed by atoms with Crippen LogP contribution in [0, 0.1) is 5.92 Å². The van der Waals surface area contributed by atoms with E-state index in [1.54, 1.807) is 0 Å². The fraction of sp³-hybridized carbons (Fsp3) is 0.500. The standard InChI is InChI=1S/C12H17BrClNO/c1-9(2)8-16-6-5-15-12-7-10(14)3-4-11(12)13/h3-4,7,9,15H,5-6,8H2,1-2H3. The van der Waals surface area contributed by atoms with E-state index in [9.17, 15) is 0 Å². The highest BCUT2D eigenvalue weighted by Gasteiger charge is 2.00. The van der Waals surface area contributed by atoms with Gasteiger partial charge in [0.05, 0.1) is 6.61 Å². The van der Waals surface area contributed by atoms with E-state index in [0.717, 1.165) is 28.3 Å². The fourth-order valence-electron chi connectivity index (χ4n) is 1.21. The Bertz CT molecular complexity index is 331. The van der Waals surface area contributed by atoms with Gasteiger partial charge in [-0.1, -0.05) is 25.4 Å². The van der Waals surface area contributed by atoms with Crippen LogP contribution in [0.15, 0.2) is 22.7 Å². The minimum Gasteiger partial charge on any atom is -0.382 e. The first-order valence-corrected chi connectivity index (χ1v) is 6.53. The Labute approximate surface area is 110 Å². The highest BCUT2D eigenvalue weighted by molar-refractivity contribution is 9.10. The number of anilines is 1. The van der Waals surface area contributed by atoms with Gasteiger partial charge < -0.3 is 10.1 Å². The highest BCUT2D eigenvalue weighted by atomic mass is 79.9. The summed E-state index contributed by atoms with van der Waals surface area (Å²) in [7, 11) is 0. The third-order valence-electron chi connectivity index (χ3n) is 1.94. The van der Waals surface area contributed by atoms with Crippen molar-refractivity contribution in [2.75, 3.05) is 25.1 Å². The smallest absolute Gasteiger partial charge is 0.0639 e. The molecule has 0 spiro atoms. The molecule has 1 aromatic carbocycles. The average molecular weight is 307 g/mol. The Morgan fingerprint density at radius 3 is 2.88 bits per heavy atom. The molecule has 4 heteroatoms. The molecule has 0 bridgehead atoms. The summed E-state index contributed by atoms with van der Waals surface area (Å²) in [5.74, 6) is 0.581. The number of ether oxygens (including phenoxy) is 1. The lowest BCUT2D eigenvalue weighted by Crippen LogP contribution is -2.12. The van der Waals surface area contributed by atoms with E-state index >= 15 is 0 Å². The second-order valence-corrected chi connectivity index (χ2v) is 5.31. The largest absolute Gasteiger partial charge is 0.382 e. The van der Waals surface area contributed by atoms with E-state index in [-0.39, 0.29) is 0 Å². The zero-order valence-electron chi connectivity index (χ0n) is 9.59. The van der Waals surface area contributed by atoms with Crippen LogP contribution in [0.5, 0.6) is 0 Å². The van der Waals surface area contributed by atoms with Crippen molar-refractivity contribution in [2.24, 2.45) is 5.92 Å². The van der Waals surface area contributed by atoms with Gasteiger partial charge in [0.1, 0.15) is 0 Å². The van der Waals surface area contributed by atoms with Crippen LogP contribution in [-0.2, 0) is 4.74 Å². The minimum atomic E-state index is 0.581. The van der Waals surface area contributed by atoms with Crippen molar-refractivity contribution in [3.8, 4) is 0 Å². The van der Waals surface area contributed by atoms with Crippen molar-refractivity contribution in [1.29, 1.82) is 0 Å². The van der Waals surface area contributed by atoms with Gasteiger partial charge in [-0.25, -0.2) is 0 Å². The second-order valence-electron chi connectivity index (χ2n) is 4.02. The van der Waals surface area contributed by atoms with Crippen molar-refractivity contribution in [1.82, 2.24) is 0 Å².